The van der Waals surface area contributed by atoms with E-state index in [0.717, 1.165) is 17.4 Å². The molecule has 2 rings (SSSR count). The number of nitrogens with one attached hydrogen (secondary N) is 1. The molecule has 0 aliphatic rings. The first-order valence-electron chi connectivity index (χ1n) is 9.48. The van der Waals surface area contributed by atoms with E-state index in [2.05, 4.69) is 54.0 Å². The Hall–Kier alpha value is -2.37. The van der Waals surface area contributed by atoms with Gasteiger partial charge >= 0.3 is 0 Å². The number of carbonyl (C=O) groups excluding carboxylic acids is 1. The van der Waals surface area contributed by atoms with Crippen LogP contribution in [0.4, 0.5) is 0 Å². The number of quaternary nitrogens is 1. The predicted octanol–water partition coefficient (Wildman–Crippen LogP) is 1.39. The van der Waals surface area contributed by atoms with Crippen LogP contribution in [0, 0.1) is 11.3 Å². The van der Waals surface area contributed by atoms with E-state index >= 15 is 0 Å². The van der Waals surface area contributed by atoms with Gasteiger partial charge in [-0.15, -0.1) is 10.2 Å². The van der Waals surface area contributed by atoms with Gasteiger partial charge in [-0.3, -0.25) is 9.36 Å². The zero-order valence-corrected chi connectivity index (χ0v) is 17.9. The van der Waals surface area contributed by atoms with Gasteiger partial charge in [-0.25, -0.2) is 0 Å². The molecule has 150 valence electrons. The molecular weight excluding hydrogens is 372 g/mol. The summed E-state index contributed by atoms with van der Waals surface area (Å²) in [6, 6.07) is 12.5. The molecule has 0 bridgehead atoms. The van der Waals surface area contributed by atoms with E-state index in [1.165, 1.54) is 22.2 Å². The lowest BCUT2D eigenvalue weighted by molar-refractivity contribution is -0.893. The fourth-order valence-corrected chi connectivity index (χ4v) is 3.89. The summed E-state index contributed by atoms with van der Waals surface area (Å²) in [5.41, 5.74) is 1.17. The maximum absolute atomic E-state index is 12.3. The lowest BCUT2D eigenvalue weighted by Gasteiger charge is -2.20. The summed E-state index contributed by atoms with van der Waals surface area (Å²) in [6.45, 7) is 3.27. The molecule has 1 aromatic heterocycles. The van der Waals surface area contributed by atoms with Gasteiger partial charge in [0.25, 0.3) is 0 Å². The number of hydrogen-bond acceptors (Lipinski definition) is 5. The molecule has 0 saturated carbocycles. The van der Waals surface area contributed by atoms with Crippen LogP contribution in [0.2, 0.25) is 0 Å². The predicted molar refractivity (Wildman–Crippen MR) is 110 cm³/mol. The second kappa shape index (κ2) is 10.8. The third-order valence-electron chi connectivity index (χ3n) is 4.66. The van der Waals surface area contributed by atoms with E-state index < -0.39 is 0 Å². The number of hydrogen-bond donors (Lipinski definition) is 1. The standard InChI is InChI=1S/C20H28N6OS/c1-5-17(24(2)3)19-22-23-20(26(19)14-16-10-7-6-8-11-16)28-15-18(27)25(4)13-9-12-21/h6-8,10-11,17H,5,9,13-15H2,1-4H3/p+1/t17-/m0/s1. The summed E-state index contributed by atoms with van der Waals surface area (Å²) in [5.74, 6) is 1.21. The topological polar surface area (TPSA) is 79.2 Å². The Morgan fingerprint density at radius 1 is 1.32 bits per heavy atom. The quantitative estimate of drug-likeness (QED) is 0.609. The molecule has 0 spiro atoms. The van der Waals surface area contributed by atoms with Gasteiger partial charge in [0.1, 0.15) is 6.04 Å². The first-order chi connectivity index (χ1) is 13.5. The zero-order valence-electron chi connectivity index (χ0n) is 17.1. The minimum Gasteiger partial charge on any atom is -0.344 e. The summed E-state index contributed by atoms with van der Waals surface area (Å²) in [4.78, 5) is 15.2. The lowest BCUT2D eigenvalue weighted by Crippen LogP contribution is -3.06. The number of carbonyl (C=O) groups is 1. The van der Waals surface area contributed by atoms with Crippen LogP contribution in [-0.4, -0.2) is 59.0 Å². The molecule has 0 radical (unpaired) electrons. The van der Waals surface area contributed by atoms with Gasteiger partial charge in [-0.1, -0.05) is 49.0 Å². The van der Waals surface area contributed by atoms with E-state index in [1.54, 1.807) is 11.9 Å². The Labute approximate surface area is 171 Å². The summed E-state index contributed by atoms with van der Waals surface area (Å²) < 4.78 is 2.13. The van der Waals surface area contributed by atoms with Crippen molar-refractivity contribution in [2.75, 3.05) is 33.4 Å². The summed E-state index contributed by atoms with van der Waals surface area (Å²) in [7, 11) is 5.97. The fourth-order valence-electron chi connectivity index (χ4n) is 3.01. The van der Waals surface area contributed by atoms with Crippen molar-refractivity contribution in [2.24, 2.45) is 0 Å². The Morgan fingerprint density at radius 2 is 2.04 bits per heavy atom. The van der Waals surface area contributed by atoms with Crippen molar-refractivity contribution in [1.29, 1.82) is 5.26 Å². The number of nitriles is 1. The molecule has 0 aliphatic carbocycles. The molecule has 0 fully saturated rings. The van der Waals surface area contributed by atoms with Crippen molar-refractivity contribution in [3.63, 3.8) is 0 Å². The van der Waals surface area contributed by atoms with Gasteiger partial charge < -0.3 is 9.80 Å². The van der Waals surface area contributed by atoms with Crippen molar-refractivity contribution in [1.82, 2.24) is 19.7 Å². The second-order valence-electron chi connectivity index (χ2n) is 6.96. The molecule has 1 amide bonds. The molecule has 1 aromatic carbocycles. The van der Waals surface area contributed by atoms with Crippen molar-refractivity contribution in [3.05, 3.63) is 41.7 Å². The van der Waals surface area contributed by atoms with E-state index in [9.17, 15) is 4.79 Å². The minimum absolute atomic E-state index is 0.0127. The van der Waals surface area contributed by atoms with Crippen LogP contribution in [0.1, 0.15) is 37.2 Å². The smallest absolute Gasteiger partial charge is 0.232 e. The maximum atomic E-state index is 12.3. The van der Waals surface area contributed by atoms with E-state index in [-0.39, 0.29) is 17.7 Å². The van der Waals surface area contributed by atoms with Crippen LogP contribution in [0.15, 0.2) is 35.5 Å². The Bertz CT molecular complexity index is 799. The first-order valence-corrected chi connectivity index (χ1v) is 10.5. The minimum atomic E-state index is -0.0127. The molecular formula is C20H29N6OS+. The van der Waals surface area contributed by atoms with Crippen LogP contribution >= 0.6 is 11.8 Å². The number of amides is 1. The van der Waals surface area contributed by atoms with Crippen molar-refractivity contribution < 1.29 is 9.69 Å². The molecule has 2 aromatic rings. The third kappa shape index (κ3) is 5.81. The average molecular weight is 402 g/mol. The summed E-state index contributed by atoms with van der Waals surface area (Å²) in [5, 5.41) is 18.3. The van der Waals surface area contributed by atoms with Crippen molar-refractivity contribution in [2.45, 2.75) is 37.5 Å². The van der Waals surface area contributed by atoms with Gasteiger partial charge in [0.15, 0.2) is 11.0 Å². The number of thioether (sulfide) groups is 1. The SMILES string of the molecule is CC[C@@H](c1nnc(SCC(=O)N(C)CCC#N)n1Cc1ccccc1)[NH+](C)C. The molecule has 0 aliphatic heterocycles. The average Bonchev–Trinajstić information content (AvgIpc) is 3.07. The maximum Gasteiger partial charge on any atom is 0.232 e. The Morgan fingerprint density at radius 3 is 2.64 bits per heavy atom. The molecule has 1 heterocycles. The lowest BCUT2D eigenvalue weighted by atomic mass is 10.2. The Kier molecular flexibility index (Phi) is 8.48. The van der Waals surface area contributed by atoms with Gasteiger partial charge in [-0.05, 0) is 5.56 Å². The summed E-state index contributed by atoms with van der Waals surface area (Å²) in [6.07, 6.45) is 1.29. The second-order valence-corrected chi connectivity index (χ2v) is 7.91. The van der Waals surface area contributed by atoms with Crippen LogP contribution in [0.3, 0.4) is 0 Å². The molecule has 7 nitrogen and oxygen atoms in total. The zero-order chi connectivity index (χ0) is 20.5. The molecule has 1 N–H and O–H groups in total. The first kappa shape index (κ1) is 21.9. The largest absolute Gasteiger partial charge is 0.344 e. The van der Waals surface area contributed by atoms with Gasteiger partial charge in [0.2, 0.25) is 5.91 Å². The van der Waals surface area contributed by atoms with Crippen LogP contribution in [0.25, 0.3) is 0 Å². The number of nitrogens with zero attached hydrogens (tertiary/aromatic N) is 5. The number of aromatic nitrogens is 3. The van der Waals surface area contributed by atoms with Crippen molar-refractivity contribution in [3.8, 4) is 6.07 Å². The summed E-state index contributed by atoms with van der Waals surface area (Å²) >= 11 is 1.40. The monoisotopic (exact) mass is 401 g/mol. The highest BCUT2D eigenvalue weighted by molar-refractivity contribution is 7.99. The van der Waals surface area contributed by atoms with Gasteiger partial charge in [-0.2, -0.15) is 5.26 Å². The molecule has 8 heteroatoms. The number of rotatable bonds is 10. The Balaban J connectivity index is 2.22. The number of benzene rings is 1. The van der Waals surface area contributed by atoms with E-state index in [1.807, 2.05) is 18.2 Å². The molecule has 28 heavy (non-hydrogen) atoms. The van der Waals surface area contributed by atoms with Gasteiger partial charge in [0, 0.05) is 20.0 Å². The highest BCUT2D eigenvalue weighted by atomic mass is 32.2. The van der Waals surface area contributed by atoms with E-state index in [0.29, 0.717) is 19.5 Å². The van der Waals surface area contributed by atoms with Crippen LogP contribution < -0.4 is 4.90 Å². The normalized spacial score (nSPS) is 12.0. The highest BCUT2D eigenvalue weighted by Gasteiger charge is 2.25. The van der Waals surface area contributed by atoms with Crippen molar-refractivity contribution >= 4 is 17.7 Å². The van der Waals surface area contributed by atoms with Gasteiger partial charge in [0.05, 0.1) is 38.9 Å². The van der Waals surface area contributed by atoms with E-state index in [4.69, 9.17) is 5.26 Å². The fraction of sp³-hybridized carbons (Fsp3) is 0.500. The molecule has 0 saturated heterocycles. The molecule has 0 unspecified atom stereocenters. The van der Waals surface area contributed by atoms with Crippen LogP contribution in [-0.2, 0) is 11.3 Å². The highest BCUT2D eigenvalue weighted by Crippen LogP contribution is 2.22. The molecule has 1 atom stereocenters. The third-order valence-corrected chi connectivity index (χ3v) is 5.61. The van der Waals surface area contributed by atoms with Crippen LogP contribution in [0.5, 0.6) is 0 Å².